The number of ketones is 1. The van der Waals surface area contributed by atoms with Gasteiger partial charge in [0.1, 0.15) is 0 Å². The van der Waals surface area contributed by atoms with Crippen LogP contribution in [0.25, 0.3) is 0 Å². The fourth-order valence-electron chi connectivity index (χ4n) is 0.523. The molecule has 0 aromatic rings. The largest absolute Gasteiger partial charge is 0.508 e. The van der Waals surface area contributed by atoms with E-state index < -0.39 is 6.16 Å². The molecule has 0 fully saturated rings. The maximum Gasteiger partial charge on any atom is 0.508 e. The predicted molar refractivity (Wildman–Crippen MR) is 47.4 cm³/mol. The first-order chi connectivity index (χ1) is 5.93. The summed E-state index contributed by atoms with van der Waals surface area (Å²) in [5.41, 5.74) is 0. The Hall–Kier alpha value is -1.06. The lowest BCUT2D eigenvalue weighted by Crippen LogP contribution is -2.20. The number of carbonyl (C=O) groups is 2. The SMILES string of the molecule is CC(C)OC(=O)OCC(=O)C(C)C. The third kappa shape index (κ3) is 6.13. The van der Waals surface area contributed by atoms with Crippen molar-refractivity contribution in [2.45, 2.75) is 33.8 Å². The van der Waals surface area contributed by atoms with Gasteiger partial charge < -0.3 is 9.47 Å². The lowest BCUT2D eigenvalue weighted by Gasteiger charge is -2.08. The predicted octanol–water partition coefficient (Wildman–Crippen LogP) is 1.77. The zero-order valence-corrected chi connectivity index (χ0v) is 8.49. The summed E-state index contributed by atoms with van der Waals surface area (Å²) in [6.45, 7) is 6.72. The number of hydrogen-bond donors (Lipinski definition) is 0. The molecule has 0 bridgehead atoms. The summed E-state index contributed by atoms with van der Waals surface area (Å²) in [6.07, 6.45) is -1.01. The maximum atomic E-state index is 11.0. The third-order valence-corrected chi connectivity index (χ3v) is 1.31. The van der Waals surface area contributed by atoms with Crippen molar-refractivity contribution in [3.05, 3.63) is 0 Å². The molecule has 0 aromatic carbocycles. The van der Waals surface area contributed by atoms with E-state index in [1.807, 2.05) is 0 Å². The Balaban J connectivity index is 3.64. The normalized spacial score (nSPS) is 10.3. The molecule has 0 N–H and O–H groups in total. The van der Waals surface area contributed by atoms with E-state index in [4.69, 9.17) is 0 Å². The van der Waals surface area contributed by atoms with Crippen molar-refractivity contribution in [3.63, 3.8) is 0 Å². The van der Waals surface area contributed by atoms with E-state index in [1.54, 1.807) is 27.7 Å². The quantitative estimate of drug-likeness (QED) is 0.631. The average molecular weight is 188 g/mol. The molecule has 0 rings (SSSR count). The van der Waals surface area contributed by atoms with E-state index >= 15 is 0 Å². The van der Waals surface area contributed by atoms with Gasteiger partial charge in [0.15, 0.2) is 12.4 Å². The van der Waals surface area contributed by atoms with Crippen LogP contribution in [0, 0.1) is 5.92 Å². The summed E-state index contributed by atoms with van der Waals surface area (Å²) < 4.78 is 9.23. The standard InChI is InChI=1S/C9H16O4/c1-6(2)8(10)5-12-9(11)13-7(3)4/h6-7H,5H2,1-4H3. The number of Topliss-reactive ketones (excluding diaryl/α,β-unsaturated/α-hetero) is 1. The van der Waals surface area contributed by atoms with Gasteiger partial charge in [-0.25, -0.2) is 4.79 Å². The summed E-state index contributed by atoms with van der Waals surface area (Å²) in [7, 11) is 0. The second kappa shape index (κ2) is 5.56. The van der Waals surface area contributed by atoms with Gasteiger partial charge >= 0.3 is 6.16 Å². The molecule has 0 unspecified atom stereocenters. The van der Waals surface area contributed by atoms with Crippen LogP contribution in [-0.4, -0.2) is 24.6 Å². The summed E-state index contributed by atoms with van der Waals surface area (Å²) in [5, 5.41) is 0. The van der Waals surface area contributed by atoms with Gasteiger partial charge in [-0.3, -0.25) is 4.79 Å². The molecule has 0 radical (unpaired) electrons. The van der Waals surface area contributed by atoms with Crippen LogP contribution in [-0.2, 0) is 14.3 Å². The van der Waals surface area contributed by atoms with Gasteiger partial charge in [0, 0.05) is 5.92 Å². The molecule has 13 heavy (non-hydrogen) atoms. The fourth-order valence-corrected chi connectivity index (χ4v) is 0.523. The van der Waals surface area contributed by atoms with Crippen LogP contribution in [0.3, 0.4) is 0 Å². The molecule has 0 aliphatic heterocycles. The maximum absolute atomic E-state index is 11.0. The molecule has 4 nitrogen and oxygen atoms in total. The first kappa shape index (κ1) is 11.9. The minimum absolute atomic E-state index is 0.110. The topological polar surface area (TPSA) is 52.6 Å². The second-order valence-electron chi connectivity index (χ2n) is 3.33. The van der Waals surface area contributed by atoms with Crippen LogP contribution in [0.2, 0.25) is 0 Å². The van der Waals surface area contributed by atoms with E-state index in [9.17, 15) is 9.59 Å². The summed E-state index contributed by atoms with van der Waals surface area (Å²) >= 11 is 0. The van der Waals surface area contributed by atoms with Gasteiger partial charge in [-0.15, -0.1) is 0 Å². The van der Waals surface area contributed by atoms with Crippen LogP contribution >= 0.6 is 0 Å². The molecule has 4 heteroatoms. The van der Waals surface area contributed by atoms with Gasteiger partial charge in [0.05, 0.1) is 6.10 Å². The molecule has 0 atom stereocenters. The van der Waals surface area contributed by atoms with Gasteiger partial charge in [-0.1, -0.05) is 13.8 Å². The van der Waals surface area contributed by atoms with Crippen molar-refractivity contribution in [2.75, 3.05) is 6.61 Å². The molecule has 0 aliphatic carbocycles. The lowest BCUT2D eigenvalue weighted by molar-refractivity contribution is -0.125. The van der Waals surface area contributed by atoms with Crippen molar-refractivity contribution in [1.82, 2.24) is 0 Å². The highest BCUT2D eigenvalue weighted by molar-refractivity contribution is 5.82. The fraction of sp³-hybridized carbons (Fsp3) is 0.778. The molecule has 0 spiro atoms. The van der Waals surface area contributed by atoms with Gasteiger partial charge in [-0.05, 0) is 13.8 Å². The highest BCUT2D eigenvalue weighted by Crippen LogP contribution is 1.97. The van der Waals surface area contributed by atoms with Crippen LogP contribution < -0.4 is 0 Å². The number of hydrogen-bond acceptors (Lipinski definition) is 4. The van der Waals surface area contributed by atoms with Crippen LogP contribution in [0.5, 0.6) is 0 Å². The highest BCUT2D eigenvalue weighted by Gasteiger charge is 2.12. The third-order valence-electron chi connectivity index (χ3n) is 1.31. The first-order valence-corrected chi connectivity index (χ1v) is 4.29. The van der Waals surface area contributed by atoms with Gasteiger partial charge in [0.2, 0.25) is 0 Å². The number of carbonyl (C=O) groups excluding carboxylic acids is 2. The molecule has 0 saturated heterocycles. The highest BCUT2D eigenvalue weighted by atomic mass is 16.7. The Morgan fingerprint density at radius 1 is 1.15 bits per heavy atom. The Morgan fingerprint density at radius 2 is 1.69 bits per heavy atom. The molecule has 0 aromatic heterocycles. The van der Waals surface area contributed by atoms with Crippen molar-refractivity contribution in [1.29, 1.82) is 0 Å². The van der Waals surface area contributed by atoms with Crippen LogP contribution in [0.15, 0.2) is 0 Å². The zero-order valence-electron chi connectivity index (χ0n) is 8.49. The van der Waals surface area contributed by atoms with E-state index in [0.717, 1.165) is 0 Å². The average Bonchev–Trinajstić information content (AvgIpc) is 1.98. The lowest BCUT2D eigenvalue weighted by atomic mass is 10.1. The summed E-state index contributed by atoms with van der Waals surface area (Å²) in [4.78, 5) is 21.8. The van der Waals surface area contributed by atoms with E-state index in [-0.39, 0.29) is 24.4 Å². The molecular formula is C9H16O4. The smallest absolute Gasteiger partial charge is 0.432 e. The Morgan fingerprint density at radius 3 is 2.08 bits per heavy atom. The van der Waals surface area contributed by atoms with Crippen LogP contribution in [0.4, 0.5) is 4.79 Å². The molecule has 0 amide bonds. The number of rotatable bonds is 4. The minimum atomic E-state index is -0.788. The molecule has 0 heterocycles. The molecule has 0 saturated carbocycles. The molecular weight excluding hydrogens is 172 g/mol. The second-order valence-corrected chi connectivity index (χ2v) is 3.33. The Kier molecular flexibility index (Phi) is 5.11. The minimum Gasteiger partial charge on any atom is -0.432 e. The number of ether oxygens (including phenoxy) is 2. The molecule has 0 aliphatic rings. The molecule has 76 valence electrons. The monoisotopic (exact) mass is 188 g/mol. The van der Waals surface area contributed by atoms with Crippen LogP contribution in [0.1, 0.15) is 27.7 Å². The van der Waals surface area contributed by atoms with E-state index in [2.05, 4.69) is 9.47 Å². The Bertz CT molecular complexity index is 184. The van der Waals surface area contributed by atoms with Crippen molar-refractivity contribution in [3.8, 4) is 0 Å². The van der Waals surface area contributed by atoms with Crippen molar-refractivity contribution < 1.29 is 19.1 Å². The zero-order chi connectivity index (χ0) is 10.4. The van der Waals surface area contributed by atoms with E-state index in [1.165, 1.54) is 0 Å². The first-order valence-electron chi connectivity index (χ1n) is 4.29. The van der Waals surface area contributed by atoms with Crippen molar-refractivity contribution in [2.24, 2.45) is 5.92 Å². The summed E-state index contributed by atoms with van der Waals surface area (Å²) in [5.74, 6) is -0.229. The summed E-state index contributed by atoms with van der Waals surface area (Å²) in [6, 6.07) is 0. The Labute approximate surface area is 78.2 Å². The van der Waals surface area contributed by atoms with E-state index in [0.29, 0.717) is 0 Å². The van der Waals surface area contributed by atoms with Gasteiger partial charge in [0.25, 0.3) is 0 Å². The van der Waals surface area contributed by atoms with Gasteiger partial charge in [-0.2, -0.15) is 0 Å². The van der Waals surface area contributed by atoms with Crippen molar-refractivity contribution >= 4 is 11.9 Å².